The third-order valence-corrected chi connectivity index (χ3v) is 4.04. The van der Waals surface area contributed by atoms with Crippen LogP contribution in [0.15, 0.2) is 0 Å². The van der Waals surface area contributed by atoms with Crippen LogP contribution in [0.4, 0.5) is 0 Å². The lowest BCUT2D eigenvalue weighted by Gasteiger charge is -2.43. The summed E-state index contributed by atoms with van der Waals surface area (Å²) in [5, 5.41) is 10.7. The summed E-state index contributed by atoms with van der Waals surface area (Å²) >= 11 is 0. The first-order valence-corrected chi connectivity index (χ1v) is 7.44. The van der Waals surface area contributed by atoms with Crippen LogP contribution in [0, 0.1) is 0 Å². The number of hydrogen-bond donors (Lipinski definition) is 2. The van der Waals surface area contributed by atoms with Crippen LogP contribution in [0.5, 0.6) is 0 Å². The zero-order valence-corrected chi connectivity index (χ0v) is 12.4. The first kappa shape index (κ1) is 16.9. The summed E-state index contributed by atoms with van der Waals surface area (Å²) < 4.78 is 0. The van der Waals surface area contributed by atoms with Crippen molar-refractivity contribution in [1.82, 2.24) is 0 Å². The smallest absolute Gasteiger partial charge is 0.0798 e. The minimum Gasteiger partial charge on any atom is -0.388 e. The van der Waals surface area contributed by atoms with Gasteiger partial charge < -0.3 is 10.8 Å². The molecule has 0 aromatic rings. The van der Waals surface area contributed by atoms with E-state index >= 15 is 0 Å². The minimum absolute atomic E-state index is 0.395. The van der Waals surface area contributed by atoms with Gasteiger partial charge in [-0.2, -0.15) is 0 Å². The van der Waals surface area contributed by atoms with Crippen LogP contribution in [0.2, 0.25) is 0 Å². The summed E-state index contributed by atoms with van der Waals surface area (Å²) in [4.78, 5) is 0. The van der Waals surface area contributed by atoms with E-state index in [4.69, 9.17) is 5.73 Å². The van der Waals surface area contributed by atoms with Gasteiger partial charge in [0.2, 0.25) is 0 Å². The first-order chi connectivity index (χ1) is 7.93. The highest BCUT2D eigenvalue weighted by Gasteiger charge is 2.41. The molecule has 0 saturated carbocycles. The topological polar surface area (TPSA) is 46.2 Å². The Balaban J connectivity index is 4.60. The average Bonchev–Trinajstić information content (AvgIpc) is 2.31. The monoisotopic (exact) mass is 243 g/mol. The largest absolute Gasteiger partial charge is 0.388 e. The molecule has 0 heterocycles. The van der Waals surface area contributed by atoms with Crippen molar-refractivity contribution >= 4 is 0 Å². The van der Waals surface area contributed by atoms with Crippen molar-refractivity contribution in [2.45, 2.75) is 96.6 Å². The van der Waals surface area contributed by atoms with Crippen LogP contribution in [0.1, 0.15) is 85.5 Å². The molecule has 0 aliphatic rings. The zero-order chi connectivity index (χ0) is 13.4. The Morgan fingerprint density at radius 1 is 0.824 bits per heavy atom. The molecule has 0 aliphatic heterocycles. The third-order valence-electron chi connectivity index (χ3n) is 4.04. The van der Waals surface area contributed by atoms with Crippen molar-refractivity contribution < 1.29 is 5.11 Å². The average molecular weight is 243 g/mol. The quantitative estimate of drug-likeness (QED) is 0.609. The Labute approximate surface area is 108 Å². The van der Waals surface area contributed by atoms with Gasteiger partial charge in [-0.3, -0.25) is 0 Å². The predicted octanol–water partition coefficient (Wildman–Crippen LogP) is 4.01. The van der Waals surface area contributed by atoms with Gasteiger partial charge in [0.25, 0.3) is 0 Å². The van der Waals surface area contributed by atoms with Crippen molar-refractivity contribution in [3.63, 3.8) is 0 Å². The van der Waals surface area contributed by atoms with Gasteiger partial charge in [0.1, 0.15) is 0 Å². The summed E-state index contributed by atoms with van der Waals surface area (Å²) in [5.41, 5.74) is 5.43. The molecule has 0 saturated heterocycles. The second kappa shape index (κ2) is 8.10. The molecule has 1 unspecified atom stereocenters. The summed E-state index contributed by atoms with van der Waals surface area (Å²) in [6, 6.07) is 0. The van der Waals surface area contributed by atoms with E-state index < -0.39 is 11.1 Å². The van der Waals surface area contributed by atoms with Gasteiger partial charge >= 0.3 is 0 Å². The highest BCUT2D eigenvalue weighted by atomic mass is 16.3. The Kier molecular flexibility index (Phi) is 8.06. The zero-order valence-electron chi connectivity index (χ0n) is 12.4. The van der Waals surface area contributed by atoms with Crippen molar-refractivity contribution in [3.05, 3.63) is 0 Å². The van der Waals surface area contributed by atoms with E-state index in [1.165, 1.54) is 0 Å². The van der Waals surface area contributed by atoms with E-state index in [0.29, 0.717) is 0 Å². The summed E-state index contributed by atoms with van der Waals surface area (Å²) in [6.07, 6.45) is 9.42. The van der Waals surface area contributed by atoms with E-state index in [1.807, 2.05) is 6.92 Å². The van der Waals surface area contributed by atoms with E-state index in [1.54, 1.807) is 0 Å². The number of hydrogen-bond acceptors (Lipinski definition) is 2. The van der Waals surface area contributed by atoms with Crippen molar-refractivity contribution in [1.29, 1.82) is 0 Å². The number of rotatable bonds is 10. The van der Waals surface area contributed by atoms with Gasteiger partial charge in [-0.1, -0.05) is 59.3 Å². The molecule has 0 amide bonds. The third kappa shape index (κ3) is 5.39. The molecule has 0 rings (SSSR count). The lowest BCUT2D eigenvalue weighted by Crippen LogP contribution is -2.59. The van der Waals surface area contributed by atoms with E-state index in [9.17, 15) is 5.11 Å². The molecule has 0 aromatic carbocycles. The fourth-order valence-electron chi connectivity index (χ4n) is 2.42. The molecule has 0 radical (unpaired) electrons. The van der Waals surface area contributed by atoms with Crippen LogP contribution in [-0.2, 0) is 0 Å². The fourth-order valence-corrected chi connectivity index (χ4v) is 2.42. The predicted molar refractivity (Wildman–Crippen MR) is 76.1 cm³/mol. The van der Waals surface area contributed by atoms with E-state index in [-0.39, 0.29) is 0 Å². The first-order valence-electron chi connectivity index (χ1n) is 7.44. The summed E-state index contributed by atoms with van der Waals surface area (Å²) in [7, 11) is 0. The molecule has 2 heteroatoms. The normalized spacial score (nSPS) is 15.9. The van der Waals surface area contributed by atoms with Crippen molar-refractivity contribution in [3.8, 4) is 0 Å². The molecule has 1 atom stereocenters. The standard InChI is InChI=1S/C15H33NO/c1-5-8-11-14(4,17)15(16,12-9-6-2)13-10-7-3/h17H,5-13,16H2,1-4H3. The van der Waals surface area contributed by atoms with Crippen LogP contribution in [0.25, 0.3) is 0 Å². The number of nitrogens with two attached hydrogens (primary N) is 1. The van der Waals surface area contributed by atoms with Crippen LogP contribution >= 0.6 is 0 Å². The van der Waals surface area contributed by atoms with Crippen LogP contribution < -0.4 is 5.73 Å². The van der Waals surface area contributed by atoms with E-state index in [0.717, 1.165) is 57.8 Å². The van der Waals surface area contributed by atoms with Crippen LogP contribution in [-0.4, -0.2) is 16.2 Å². The second-order valence-electron chi connectivity index (χ2n) is 5.74. The molecule has 0 fully saturated rings. The molecule has 0 aliphatic carbocycles. The maximum atomic E-state index is 10.7. The van der Waals surface area contributed by atoms with Gasteiger partial charge in [-0.05, 0) is 26.2 Å². The van der Waals surface area contributed by atoms with Gasteiger partial charge in [-0.25, -0.2) is 0 Å². The maximum absolute atomic E-state index is 10.7. The minimum atomic E-state index is -0.715. The van der Waals surface area contributed by atoms with Crippen molar-refractivity contribution in [2.24, 2.45) is 5.73 Å². The highest BCUT2D eigenvalue weighted by Crippen LogP contribution is 2.34. The van der Waals surface area contributed by atoms with Gasteiger partial charge in [0.05, 0.1) is 5.60 Å². The van der Waals surface area contributed by atoms with Gasteiger partial charge in [0, 0.05) is 5.54 Å². The van der Waals surface area contributed by atoms with Crippen molar-refractivity contribution in [2.75, 3.05) is 0 Å². The molecule has 17 heavy (non-hydrogen) atoms. The molecular weight excluding hydrogens is 210 g/mol. The molecule has 2 nitrogen and oxygen atoms in total. The second-order valence-corrected chi connectivity index (χ2v) is 5.74. The Morgan fingerprint density at radius 2 is 1.18 bits per heavy atom. The molecule has 0 aromatic heterocycles. The molecular formula is C15H33NO. The lowest BCUT2D eigenvalue weighted by atomic mass is 9.72. The van der Waals surface area contributed by atoms with Gasteiger partial charge in [-0.15, -0.1) is 0 Å². The Morgan fingerprint density at radius 3 is 1.53 bits per heavy atom. The SMILES string of the molecule is CCCCC(C)(O)C(N)(CCCC)CCCC. The van der Waals surface area contributed by atoms with E-state index in [2.05, 4.69) is 20.8 Å². The molecule has 104 valence electrons. The summed E-state index contributed by atoms with van der Waals surface area (Å²) in [6.45, 7) is 8.46. The molecule has 3 N–H and O–H groups in total. The fraction of sp³-hybridized carbons (Fsp3) is 1.00. The summed E-state index contributed by atoms with van der Waals surface area (Å²) in [5.74, 6) is 0. The highest BCUT2D eigenvalue weighted by molar-refractivity contribution is 5.00. The van der Waals surface area contributed by atoms with Crippen LogP contribution in [0.3, 0.4) is 0 Å². The molecule has 0 spiro atoms. The number of aliphatic hydroxyl groups is 1. The Hall–Kier alpha value is -0.0800. The lowest BCUT2D eigenvalue weighted by molar-refractivity contribution is -0.0379. The maximum Gasteiger partial charge on any atom is 0.0798 e. The number of unbranched alkanes of at least 4 members (excludes halogenated alkanes) is 3. The Bertz CT molecular complexity index is 181. The van der Waals surface area contributed by atoms with Gasteiger partial charge in [0.15, 0.2) is 0 Å². The molecule has 0 bridgehead atoms.